The van der Waals surface area contributed by atoms with E-state index in [4.69, 9.17) is 5.73 Å². The number of benzene rings is 1. The fourth-order valence-electron chi connectivity index (χ4n) is 1.60. The molecule has 1 nitrogen and oxygen atoms in total. The SMILES string of the molecule is NC1(CCc2c(F)cc(Br)cc2F)CC1. The third-order valence-corrected chi connectivity index (χ3v) is 3.33. The van der Waals surface area contributed by atoms with Crippen LogP contribution >= 0.6 is 15.9 Å². The zero-order valence-electron chi connectivity index (χ0n) is 8.19. The highest BCUT2D eigenvalue weighted by Gasteiger charge is 2.37. The smallest absolute Gasteiger partial charge is 0.130 e. The molecule has 1 aliphatic rings. The van der Waals surface area contributed by atoms with E-state index >= 15 is 0 Å². The van der Waals surface area contributed by atoms with Gasteiger partial charge in [-0.1, -0.05) is 15.9 Å². The maximum atomic E-state index is 13.4. The predicted octanol–water partition coefficient (Wildman–Crippen LogP) is 3.15. The van der Waals surface area contributed by atoms with Crippen molar-refractivity contribution < 1.29 is 8.78 Å². The molecule has 0 radical (unpaired) electrons. The third-order valence-electron chi connectivity index (χ3n) is 2.87. The molecule has 1 aromatic carbocycles. The van der Waals surface area contributed by atoms with Crippen molar-refractivity contribution >= 4 is 15.9 Å². The van der Waals surface area contributed by atoms with Crippen molar-refractivity contribution in [2.75, 3.05) is 0 Å². The van der Waals surface area contributed by atoms with Gasteiger partial charge in [-0.05, 0) is 37.8 Å². The van der Waals surface area contributed by atoms with E-state index < -0.39 is 11.6 Å². The molecule has 0 amide bonds. The monoisotopic (exact) mass is 275 g/mol. The molecular formula is C11H12BrF2N. The van der Waals surface area contributed by atoms with Gasteiger partial charge in [-0.25, -0.2) is 8.78 Å². The van der Waals surface area contributed by atoms with E-state index in [1.165, 1.54) is 12.1 Å². The Morgan fingerprint density at radius 3 is 2.27 bits per heavy atom. The van der Waals surface area contributed by atoms with Crippen LogP contribution in [-0.4, -0.2) is 5.54 Å². The van der Waals surface area contributed by atoms with Crippen LogP contribution in [0.15, 0.2) is 16.6 Å². The molecule has 0 spiro atoms. The Hall–Kier alpha value is -0.480. The first-order chi connectivity index (χ1) is 7.00. The molecule has 2 N–H and O–H groups in total. The van der Waals surface area contributed by atoms with Gasteiger partial charge in [0.1, 0.15) is 11.6 Å². The highest BCUT2D eigenvalue weighted by Crippen LogP contribution is 2.37. The normalized spacial score (nSPS) is 17.9. The Morgan fingerprint density at radius 2 is 1.80 bits per heavy atom. The highest BCUT2D eigenvalue weighted by molar-refractivity contribution is 9.10. The minimum absolute atomic E-state index is 0.148. The Kier molecular flexibility index (Phi) is 2.81. The molecule has 1 aromatic rings. The van der Waals surface area contributed by atoms with Gasteiger partial charge in [0.2, 0.25) is 0 Å². The molecule has 1 fully saturated rings. The summed E-state index contributed by atoms with van der Waals surface area (Å²) in [4.78, 5) is 0. The first kappa shape index (κ1) is 11.0. The van der Waals surface area contributed by atoms with Gasteiger partial charge in [0.15, 0.2) is 0 Å². The van der Waals surface area contributed by atoms with E-state index in [1.54, 1.807) is 0 Å². The van der Waals surface area contributed by atoms with E-state index in [1.807, 2.05) is 0 Å². The van der Waals surface area contributed by atoms with Crippen LogP contribution in [0.1, 0.15) is 24.8 Å². The van der Waals surface area contributed by atoms with Crippen molar-refractivity contribution in [2.24, 2.45) is 5.73 Å². The molecule has 0 bridgehead atoms. The minimum atomic E-state index is -0.494. The molecule has 0 heterocycles. The summed E-state index contributed by atoms with van der Waals surface area (Å²) < 4.78 is 27.2. The maximum Gasteiger partial charge on any atom is 0.130 e. The average molecular weight is 276 g/mol. The number of hydrogen-bond donors (Lipinski definition) is 1. The number of nitrogens with two attached hydrogens (primary N) is 1. The topological polar surface area (TPSA) is 26.0 Å². The fourth-order valence-corrected chi connectivity index (χ4v) is 2.00. The molecule has 0 unspecified atom stereocenters. The Bertz CT molecular complexity index is 365. The fraction of sp³-hybridized carbons (Fsp3) is 0.455. The Labute approximate surface area is 95.8 Å². The van der Waals surface area contributed by atoms with Crippen LogP contribution in [0, 0.1) is 11.6 Å². The van der Waals surface area contributed by atoms with E-state index in [0.29, 0.717) is 17.3 Å². The zero-order valence-corrected chi connectivity index (χ0v) is 9.78. The predicted molar refractivity (Wildman–Crippen MR) is 58.5 cm³/mol. The van der Waals surface area contributed by atoms with Crippen LogP contribution in [0.2, 0.25) is 0 Å². The minimum Gasteiger partial charge on any atom is -0.325 e. The quantitative estimate of drug-likeness (QED) is 0.901. The summed E-state index contributed by atoms with van der Waals surface area (Å²) >= 11 is 3.05. The van der Waals surface area contributed by atoms with Gasteiger partial charge in [-0.15, -0.1) is 0 Å². The van der Waals surface area contributed by atoms with Crippen molar-refractivity contribution in [2.45, 2.75) is 31.2 Å². The molecule has 1 saturated carbocycles. The summed E-state index contributed by atoms with van der Waals surface area (Å²) in [6.07, 6.45) is 2.96. The molecule has 0 aliphatic heterocycles. The Morgan fingerprint density at radius 1 is 1.27 bits per heavy atom. The summed E-state index contributed by atoms with van der Waals surface area (Å²) in [6.45, 7) is 0. The van der Waals surface area contributed by atoms with Gasteiger partial charge in [0, 0.05) is 15.6 Å². The van der Waals surface area contributed by atoms with Crippen LogP contribution in [0.3, 0.4) is 0 Å². The van der Waals surface area contributed by atoms with Crippen molar-refractivity contribution in [3.8, 4) is 0 Å². The van der Waals surface area contributed by atoms with Gasteiger partial charge in [-0.3, -0.25) is 0 Å². The first-order valence-corrected chi connectivity index (χ1v) is 5.72. The van der Waals surface area contributed by atoms with Gasteiger partial charge in [0.25, 0.3) is 0 Å². The highest BCUT2D eigenvalue weighted by atomic mass is 79.9. The molecule has 15 heavy (non-hydrogen) atoms. The summed E-state index contributed by atoms with van der Waals surface area (Å²) in [5.41, 5.74) is 5.86. The lowest BCUT2D eigenvalue weighted by atomic mass is 10.0. The van der Waals surface area contributed by atoms with Crippen LogP contribution in [0.5, 0.6) is 0 Å². The lowest BCUT2D eigenvalue weighted by Gasteiger charge is -2.09. The van der Waals surface area contributed by atoms with E-state index in [0.717, 1.165) is 12.8 Å². The van der Waals surface area contributed by atoms with E-state index in [-0.39, 0.29) is 11.1 Å². The third kappa shape index (κ3) is 2.55. The van der Waals surface area contributed by atoms with Crippen molar-refractivity contribution in [1.29, 1.82) is 0 Å². The molecule has 0 aromatic heterocycles. The summed E-state index contributed by atoms with van der Waals surface area (Å²) in [5, 5.41) is 0. The second kappa shape index (κ2) is 3.83. The van der Waals surface area contributed by atoms with E-state index in [9.17, 15) is 8.78 Å². The molecule has 0 saturated heterocycles. The molecule has 2 rings (SSSR count). The number of halogens is 3. The molecule has 4 heteroatoms. The summed E-state index contributed by atoms with van der Waals surface area (Å²) in [6, 6.07) is 2.57. The lowest BCUT2D eigenvalue weighted by Crippen LogP contribution is -2.22. The molecular weight excluding hydrogens is 264 g/mol. The number of hydrogen-bond acceptors (Lipinski definition) is 1. The van der Waals surface area contributed by atoms with Crippen molar-refractivity contribution in [3.05, 3.63) is 33.8 Å². The zero-order chi connectivity index (χ0) is 11.1. The summed E-state index contributed by atoms with van der Waals surface area (Å²) in [5.74, 6) is -0.989. The van der Waals surface area contributed by atoms with Gasteiger partial charge in [0.05, 0.1) is 0 Å². The van der Waals surface area contributed by atoms with Crippen LogP contribution in [0.25, 0.3) is 0 Å². The molecule has 0 atom stereocenters. The van der Waals surface area contributed by atoms with Crippen molar-refractivity contribution in [3.63, 3.8) is 0 Å². The van der Waals surface area contributed by atoms with Crippen LogP contribution in [0.4, 0.5) is 8.78 Å². The van der Waals surface area contributed by atoms with Crippen LogP contribution in [-0.2, 0) is 6.42 Å². The standard InChI is InChI=1S/C11H12BrF2N/c12-7-5-9(13)8(10(14)6-7)1-2-11(15)3-4-11/h5-6H,1-4,15H2. The average Bonchev–Trinajstić information content (AvgIpc) is 2.82. The van der Waals surface area contributed by atoms with Gasteiger partial charge >= 0.3 is 0 Å². The Balaban J connectivity index is 2.13. The lowest BCUT2D eigenvalue weighted by molar-refractivity contribution is 0.528. The number of rotatable bonds is 3. The first-order valence-electron chi connectivity index (χ1n) is 4.92. The molecule has 82 valence electrons. The molecule has 1 aliphatic carbocycles. The van der Waals surface area contributed by atoms with Gasteiger partial charge < -0.3 is 5.73 Å². The second-order valence-corrected chi connectivity index (χ2v) is 5.13. The van der Waals surface area contributed by atoms with Gasteiger partial charge in [-0.2, -0.15) is 0 Å². The van der Waals surface area contributed by atoms with E-state index in [2.05, 4.69) is 15.9 Å². The van der Waals surface area contributed by atoms with Crippen LogP contribution < -0.4 is 5.73 Å². The maximum absolute atomic E-state index is 13.4. The summed E-state index contributed by atoms with van der Waals surface area (Å²) in [7, 11) is 0. The largest absolute Gasteiger partial charge is 0.325 e. The second-order valence-electron chi connectivity index (χ2n) is 4.21. The van der Waals surface area contributed by atoms with Crippen molar-refractivity contribution in [1.82, 2.24) is 0 Å².